The fourth-order valence-electron chi connectivity index (χ4n) is 2.27. The van der Waals surface area contributed by atoms with Crippen LogP contribution in [0.3, 0.4) is 0 Å². The summed E-state index contributed by atoms with van der Waals surface area (Å²) in [5, 5.41) is 0. The molecular weight excluding hydrogens is 212 g/mol. The van der Waals surface area contributed by atoms with E-state index in [-0.39, 0.29) is 12.2 Å². The highest BCUT2D eigenvalue weighted by Crippen LogP contribution is 2.50. The number of allylic oxidation sites excluding steroid dienone is 1. The Balaban J connectivity index is 2.05. The maximum absolute atomic E-state index is 5.99. The fourth-order valence-corrected chi connectivity index (χ4v) is 2.27. The van der Waals surface area contributed by atoms with E-state index in [1.54, 1.807) is 0 Å². The van der Waals surface area contributed by atoms with E-state index < -0.39 is 0 Å². The summed E-state index contributed by atoms with van der Waals surface area (Å²) >= 11 is 0. The van der Waals surface area contributed by atoms with Gasteiger partial charge in [0.15, 0.2) is 0 Å². The molecule has 2 heteroatoms. The highest BCUT2D eigenvalue weighted by Gasteiger charge is 2.42. The van der Waals surface area contributed by atoms with Crippen LogP contribution in [0.2, 0.25) is 0 Å². The molecule has 0 saturated heterocycles. The molecule has 0 aromatic rings. The van der Waals surface area contributed by atoms with Crippen molar-refractivity contribution in [2.24, 2.45) is 5.41 Å². The summed E-state index contributed by atoms with van der Waals surface area (Å²) in [5.41, 5.74) is 3.42. The van der Waals surface area contributed by atoms with Crippen LogP contribution >= 0.6 is 0 Å². The van der Waals surface area contributed by atoms with Gasteiger partial charge in [-0.05, 0) is 64.4 Å². The molecule has 2 atom stereocenters. The summed E-state index contributed by atoms with van der Waals surface area (Å²) in [5.74, 6) is 0. The quantitative estimate of drug-likeness (QED) is 0.599. The third kappa shape index (κ3) is 3.32. The minimum Gasteiger partial charge on any atom is -0.375 e. The summed E-state index contributed by atoms with van der Waals surface area (Å²) in [4.78, 5) is 0. The van der Waals surface area contributed by atoms with Crippen LogP contribution in [0.5, 0.6) is 0 Å². The number of hydrogen-bond acceptors (Lipinski definition) is 2. The zero-order valence-corrected chi connectivity index (χ0v) is 11.7. The van der Waals surface area contributed by atoms with Crippen LogP contribution in [0.25, 0.3) is 0 Å². The van der Waals surface area contributed by atoms with Crippen molar-refractivity contribution >= 4 is 0 Å². The molecule has 0 bridgehead atoms. The van der Waals surface area contributed by atoms with Crippen LogP contribution in [0, 0.1) is 5.41 Å². The molecule has 1 aliphatic heterocycles. The second-order valence-electron chi connectivity index (χ2n) is 6.09. The first kappa shape index (κ1) is 13.1. The minimum atomic E-state index is 0.187. The molecule has 0 N–H and O–H groups in total. The molecule has 0 radical (unpaired) electrons. The molecule has 2 nitrogen and oxygen atoms in total. The Morgan fingerprint density at radius 1 is 0.941 bits per heavy atom. The molecule has 1 aliphatic carbocycles. The summed E-state index contributed by atoms with van der Waals surface area (Å²) in [6.45, 7) is 10.4. The Labute approximate surface area is 105 Å². The smallest absolute Gasteiger partial charge is 0.0810 e. The van der Waals surface area contributed by atoms with Crippen molar-refractivity contribution in [3.8, 4) is 0 Å². The molecule has 17 heavy (non-hydrogen) atoms. The SMILES string of the molecule is C/C1=C(\C)CO[C@H](C)[C@H](C)OCC2(CC1)CC2. The number of ether oxygens (including phenoxy) is 2. The maximum atomic E-state index is 5.99. The van der Waals surface area contributed by atoms with Gasteiger partial charge in [0.25, 0.3) is 0 Å². The van der Waals surface area contributed by atoms with Crippen molar-refractivity contribution in [3.05, 3.63) is 11.1 Å². The van der Waals surface area contributed by atoms with Crippen molar-refractivity contribution < 1.29 is 9.47 Å². The van der Waals surface area contributed by atoms with Crippen molar-refractivity contribution in [2.75, 3.05) is 13.2 Å². The summed E-state index contributed by atoms with van der Waals surface area (Å²) in [7, 11) is 0. The normalized spacial score (nSPS) is 38.8. The summed E-state index contributed by atoms with van der Waals surface area (Å²) in [6, 6.07) is 0. The van der Waals surface area contributed by atoms with Gasteiger partial charge in [0.05, 0.1) is 25.4 Å². The monoisotopic (exact) mass is 238 g/mol. The lowest BCUT2D eigenvalue weighted by Crippen LogP contribution is -2.28. The second kappa shape index (κ2) is 5.11. The predicted octanol–water partition coefficient (Wildman–Crippen LogP) is 3.71. The van der Waals surface area contributed by atoms with E-state index in [0.29, 0.717) is 5.41 Å². The predicted molar refractivity (Wildman–Crippen MR) is 70.1 cm³/mol. The van der Waals surface area contributed by atoms with Gasteiger partial charge < -0.3 is 9.47 Å². The lowest BCUT2D eigenvalue weighted by Gasteiger charge is -2.23. The molecule has 1 fully saturated rings. The van der Waals surface area contributed by atoms with Gasteiger partial charge in [0, 0.05) is 0 Å². The van der Waals surface area contributed by atoms with E-state index in [1.807, 2.05) is 0 Å². The van der Waals surface area contributed by atoms with Crippen molar-refractivity contribution in [1.82, 2.24) is 0 Å². The van der Waals surface area contributed by atoms with Crippen LogP contribution in [0.1, 0.15) is 53.4 Å². The number of hydrogen-bond donors (Lipinski definition) is 0. The first-order chi connectivity index (χ1) is 8.02. The van der Waals surface area contributed by atoms with Gasteiger partial charge in [-0.2, -0.15) is 0 Å². The molecule has 0 amide bonds. The van der Waals surface area contributed by atoms with Crippen molar-refractivity contribution in [2.45, 2.75) is 65.6 Å². The van der Waals surface area contributed by atoms with E-state index in [9.17, 15) is 0 Å². The summed E-state index contributed by atoms with van der Waals surface area (Å²) in [6.07, 6.45) is 5.59. The van der Waals surface area contributed by atoms with Crippen LogP contribution < -0.4 is 0 Å². The highest BCUT2D eigenvalue weighted by molar-refractivity contribution is 5.11. The number of rotatable bonds is 0. The van der Waals surface area contributed by atoms with Crippen LogP contribution in [-0.4, -0.2) is 25.4 Å². The van der Waals surface area contributed by atoms with Gasteiger partial charge in [-0.1, -0.05) is 5.57 Å². The molecular formula is C15H26O2. The van der Waals surface area contributed by atoms with E-state index in [1.165, 1.54) is 36.8 Å². The first-order valence-corrected chi connectivity index (χ1v) is 6.91. The van der Waals surface area contributed by atoms with Gasteiger partial charge in [-0.25, -0.2) is 0 Å². The van der Waals surface area contributed by atoms with E-state index in [0.717, 1.165) is 13.2 Å². The molecule has 0 aromatic carbocycles. The molecule has 2 rings (SSSR count). The van der Waals surface area contributed by atoms with E-state index >= 15 is 0 Å². The molecule has 1 spiro atoms. The van der Waals surface area contributed by atoms with Crippen LogP contribution in [0.4, 0.5) is 0 Å². The minimum absolute atomic E-state index is 0.187. The van der Waals surface area contributed by atoms with Crippen molar-refractivity contribution in [1.29, 1.82) is 0 Å². The maximum Gasteiger partial charge on any atom is 0.0810 e. The molecule has 1 heterocycles. The zero-order valence-electron chi connectivity index (χ0n) is 11.7. The molecule has 0 unspecified atom stereocenters. The Kier molecular flexibility index (Phi) is 3.94. The molecule has 1 saturated carbocycles. The molecule has 2 aliphatic rings. The second-order valence-corrected chi connectivity index (χ2v) is 6.09. The van der Waals surface area contributed by atoms with E-state index in [2.05, 4.69) is 27.7 Å². The lowest BCUT2D eigenvalue weighted by atomic mass is 9.96. The average molecular weight is 238 g/mol. The third-order valence-corrected chi connectivity index (χ3v) is 4.59. The lowest BCUT2D eigenvalue weighted by molar-refractivity contribution is -0.0624. The van der Waals surface area contributed by atoms with Gasteiger partial charge in [0.2, 0.25) is 0 Å². The van der Waals surface area contributed by atoms with Crippen LogP contribution in [-0.2, 0) is 9.47 Å². The Bertz CT molecular complexity index is 302. The first-order valence-electron chi connectivity index (χ1n) is 6.91. The third-order valence-electron chi connectivity index (χ3n) is 4.59. The van der Waals surface area contributed by atoms with Crippen LogP contribution in [0.15, 0.2) is 11.1 Å². The zero-order chi connectivity index (χ0) is 12.5. The van der Waals surface area contributed by atoms with Gasteiger partial charge in [0.1, 0.15) is 0 Å². The van der Waals surface area contributed by atoms with E-state index in [4.69, 9.17) is 9.47 Å². The topological polar surface area (TPSA) is 18.5 Å². The Morgan fingerprint density at radius 3 is 2.24 bits per heavy atom. The highest BCUT2D eigenvalue weighted by atomic mass is 16.5. The van der Waals surface area contributed by atoms with Gasteiger partial charge in [-0.3, -0.25) is 0 Å². The standard InChI is InChI=1S/C15H26O2/c1-11-5-6-15(7-8-15)10-17-14(4)13(3)16-9-12(11)2/h13-14H,5-10H2,1-4H3/b12-11-/t13-,14+/m1/s1. The largest absolute Gasteiger partial charge is 0.375 e. The summed E-state index contributed by atoms with van der Waals surface area (Å²) < 4.78 is 11.9. The molecule has 0 aromatic heterocycles. The average Bonchev–Trinajstić information content (AvgIpc) is 3.09. The van der Waals surface area contributed by atoms with Crippen molar-refractivity contribution in [3.63, 3.8) is 0 Å². The van der Waals surface area contributed by atoms with Gasteiger partial charge >= 0.3 is 0 Å². The Hall–Kier alpha value is -0.340. The van der Waals surface area contributed by atoms with Gasteiger partial charge in [-0.15, -0.1) is 0 Å². The Morgan fingerprint density at radius 2 is 1.59 bits per heavy atom. The fraction of sp³-hybridized carbons (Fsp3) is 0.867. The molecule has 98 valence electrons.